The Morgan fingerprint density at radius 1 is 0.933 bits per heavy atom. The molecule has 2 aromatic carbocycles. The Hall–Kier alpha value is -4.38. The number of carbonyl (C=O) groups is 1. The number of hydrogen-bond donors (Lipinski definition) is 3. The van der Waals surface area contributed by atoms with Crippen LogP contribution in [0.4, 0.5) is 5.82 Å². The van der Waals surface area contributed by atoms with E-state index in [2.05, 4.69) is 51.0 Å². The first-order valence-corrected chi connectivity index (χ1v) is 16.1. The average Bonchev–Trinajstić information content (AvgIpc) is 3.37. The standard InChI is InChI=1S/C34H43N7O4/c1-2-3-20-45-33-37-30(35)29-31(38-33)41(34(44)36-29)22-24-6-4-23(5-7-24)21-39-16-12-25(13-17-39)26-14-18-40(19-15-26)32(43)27-8-10-28(42)11-9-27/h4-11,25-26,42H,2-3,12-22H2,1H3,(H,36,44)(H2,35,37,38). The highest BCUT2D eigenvalue weighted by molar-refractivity contribution is 5.94. The van der Waals surface area contributed by atoms with E-state index in [1.54, 1.807) is 28.8 Å². The van der Waals surface area contributed by atoms with E-state index in [9.17, 15) is 14.7 Å². The number of nitrogens with two attached hydrogens (primary N) is 1. The molecule has 0 bridgehead atoms. The molecule has 238 valence electrons. The van der Waals surface area contributed by atoms with Gasteiger partial charge in [-0.1, -0.05) is 37.6 Å². The second-order valence-electron chi connectivity index (χ2n) is 12.4. The third-order valence-corrected chi connectivity index (χ3v) is 9.37. The zero-order chi connectivity index (χ0) is 31.3. The number of phenolic OH excluding ortho intramolecular Hbond substituents is 1. The number of aromatic hydroxyl groups is 1. The topological polar surface area (TPSA) is 143 Å². The lowest BCUT2D eigenvalue weighted by molar-refractivity contribution is 0.0599. The largest absolute Gasteiger partial charge is 0.508 e. The Bertz CT molecular complexity index is 1650. The van der Waals surface area contributed by atoms with Crippen LogP contribution in [-0.2, 0) is 13.1 Å². The smallest absolute Gasteiger partial charge is 0.328 e. The molecule has 0 aliphatic carbocycles. The molecule has 0 atom stereocenters. The lowest BCUT2D eigenvalue weighted by Gasteiger charge is -2.40. The third-order valence-electron chi connectivity index (χ3n) is 9.37. The Kier molecular flexibility index (Phi) is 9.34. The van der Waals surface area contributed by atoms with Crippen LogP contribution in [0.5, 0.6) is 11.8 Å². The number of nitrogens with one attached hydrogen (secondary N) is 1. The molecule has 6 rings (SSSR count). The van der Waals surface area contributed by atoms with E-state index in [-0.39, 0.29) is 29.2 Å². The van der Waals surface area contributed by atoms with Gasteiger partial charge in [0.15, 0.2) is 11.5 Å². The number of nitrogen functional groups attached to an aromatic ring is 1. The minimum atomic E-state index is -0.279. The van der Waals surface area contributed by atoms with Crippen molar-refractivity contribution >= 4 is 22.9 Å². The SMILES string of the molecule is CCCCOc1nc(N)c2[nH]c(=O)n(Cc3ccc(CN4CCC(C5CCN(C(=O)c6ccc(O)cc6)CC5)CC4)cc3)c2n1. The molecule has 4 heterocycles. The fourth-order valence-corrected chi connectivity index (χ4v) is 6.68. The van der Waals surface area contributed by atoms with Crippen LogP contribution in [0.3, 0.4) is 0 Å². The first kappa shape index (κ1) is 30.6. The Morgan fingerprint density at radius 3 is 2.20 bits per heavy atom. The maximum atomic E-state index is 12.8. The molecule has 4 N–H and O–H groups in total. The third kappa shape index (κ3) is 7.14. The van der Waals surface area contributed by atoms with Crippen molar-refractivity contribution in [3.8, 4) is 11.8 Å². The van der Waals surface area contributed by atoms with E-state index in [0.29, 0.717) is 41.7 Å². The van der Waals surface area contributed by atoms with Gasteiger partial charge in [-0.15, -0.1) is 0 Å². The number of H-pyrrole nitrogens is 1. The number of aromatic nitrogens is 4. The summed E-state index contributed by atoms with van der Waals surface area (Å²) in [5.74, 6) is 1.82. The Balaban J connectivity index is 0.990. The Morgan fingerprint density at radius 2 is 1.56 bits per heavy atom. The molecule has 1 amide bonds. The van der Waals surface area contributed by atoms with Gasteiger partial charge in [0.25, 0.3) is 5.91 Å². The number of aromatic amines is 1. The number of imidazole rings is 1. The van der Waals surface area contributed by atoms with Crippen LogP contribution in [-0.4, -0.2) is 73.1 Å². The maximum Gasteiger partial charge on any atom is 0.328 e. The number of rotatable bonds is 10. The van der Waals surface area contributed by atoms with Crippen molar-refractivity contribution in [3.63, 3.8) is 0 Å². The van der Waals surface area contributed by atoms with E-state index in [4.69, 9.17) is 10.5 Å². The van der Waals surface area contributed by atoms with Gasteiger partial charge in [-0.3, -0.25) is 14.3 Å². The average molecular weight is 614 g/mol. The number of piperidine rings is 2. The Labute approximate surface area is 263 Å². The minimum absolute atomic E-state index is 0.0583. The number of nitrogens with zero attached hydrogens (tertiary/aromatic N) is 5. The summed E-state index contributed by atoms with van der Waals surface area (Å²) in [6.45, 7) is 7.61. The molecule has 4 aromatic rings. The molecule has 0 saturated carbocycles. The zero-order valence-electron chi connectivity index (χ0n) is 26.0. The summed E-state index contributed by atoms with van der Waals surface area (Å²) in [4.78, 5) is 41.6. The van der Waals surface area contributed by atoms with Crippen LogP contribution < -0.4 is 16.2 Å². The van der Waals surface area contributed by atoms with Gasteiger partial charge in [0.1, 0.15) is 11.3 Å². The lowest BCUT2D eigenvalue weighted by Crippen LogP contribution is -2.42. The van der Waals surface area contributed by atoms with E-state index < -0.39 is 0 Å². The van der Waals surface area contributed by atoms with Gasteiger partial charge in [-0.05, 0) is 92.4 Å². The fraction of sp³-hybridized carbons (Fsp3) is 0.471. The number of ether oxygens (including phenoxy) is 1. The molecule has 45 heavy (non-hydrogen) atoms. The highest BCUT2D eigenvalue weighted by Crippen LogP contribution is 2.33. The summed E-state index contributed by atoms with van der Waals surface area (Å²) in [6, 6.07) is 15.2. The van der Waals surface area contributed by atoms with Crippen LogP contribution in [0.2, 0.25) is 0 Å². The molecule has 2 fully saturated rings. The monoisotopic (exact) mass is 613 g/mol. The maximum absolute atomic E-state index is 12.8. The van der Waals surface area contributed by atoms with Gasteiger partial charge in [-0.2, -0.15) is 9.97 Å². The summed E-state index contributed by atoms with van der Waals surface area (Å²) < 4.78 is 7.23. The molecule has 0 spiro atoms. The van der Waals surface area contributed by atoms with Gasteiger partial charge < -0.3 is 25.5 Å². The summed E-state index contributed by atoms with van der Waals surface area (Å²) in [6.07, 6.45) is 6.37. The van der Waals surface area contributed by atoms with Crippen molar-refractivity contribution in [2.75, 3.05) is 38.5 Å². The first-order chi connectivity index (χ1) is 21.9. The molecule has 2 aromatic heterocycles. The fourth-order valence-electron chi connectivity index (χ4n) is 6.68. The van der Waals surface area contributed by atoms with Crippen LogP contribution in [0, 0.1) is 11.8 Å². The van der Waals surface area contributed by atoms with Crippen LogP contribution in [0.1, 0.15) is 66.9 Å². The normalized spacial score (nSPS) is 16.8. The van der Waals surface area contributed by atoms with Gasteiger partial charge in [0.2, 0.25) is 0 Å². The molecular weight excluding hydrogens is 570 g/mol. The summed E-state index contributed by atoms with van der Waals surface area (Å²) in [7, 11) is 0. The second kappa shape index (κ2) is 13.7. The van der Waals surface area contributed by atoms with Crippen LogP contribution in [0.25, 0.3) is 11.2 Å². The molecule has 2 aliphatic rings. The predicted octanol–water partition coefficient (Wildman–Crippen LogP) is 4.40. The molecular formula is C34H43N7O4. The van der Waals surface area contributed by atoms with Crippen LogP contribution >= 0.6 is 0 Å². The quantitative estimate of drug-likeness (QED) is 0.224. The summed E-state index contributed by atoms with van der Waals surface area (Å²) in [5, 5.41) is 9.51. The lowest BCUT2D eigenvalue weighted by atomic mass is 9.78. The zero-order valence-corrected chi connectivity index (χ0v) is 26.0. The molecule has 0 unspecified atom stereocenters. The highest BCUT2D eigenvalue weighted by Gasteiger charge is 2.31. The van der Waals surface area contributed by atoms with E-state index in [0.717, 1.165) is 64.0 Å². The predicted molar refractivity (Wildman–Crippen MR) is 173 cm³/mol. The van der Waals surface area contributed by atoms with Crippen LogP contribution in [0.15, 0.2) is 53.3 Å². The van der Waals surface area contributed by atoms with Gasteiger partial charge in [-0.25, -0.2) is 4.79 Å². The number of anilines is 1. The number of hydrogen-bond acceptors (Lipinski definition) is 8. The number of carbonyl (C=O) groups excluding carboxylic acids is 1. The van der Waals surface area contributed by atoms with Crippen molar-refractivity contribution < 1.29 is 14.6 Å². The van der Waals surface area contributed by atoms with E-state index in [1.165, 1.54) is 18.4 Å². The van der Waals surface area contributed by atoms with E-state index >= 15 is 0 Å². The van der Waals surface area contributed by atoms with E-state index in [1.807, 2.05) is 4.90 Å². The van der Waals surface area contributed by atoms with Crippen molar-refractivity contribution in [3.05, 3.63) is 75.7 Å². The first-order valence-electron chi connectivity index (χ1n) is 16.1. The number of unbranched alkanes of at least 4 members (excludes halogenated alkanes) is 1. The molecule has 2 saturated heterocycles. The molecule has 2 aliphatic heterocycles. The van der Waals surface area contributed by atoms with Crippen molar-refractivity contribution in [1.29, 1.82) is 0 Å². The number of likely N-dealkylation sites (tertiary alicyclic amines) is 2. The second-order valence-corrected chi connectivity index (χ2v) is 12.4. The number of amides is 1. The van der Waals surface area contributed by atoms with Crippen molar-refractivity contribution in [2.24, 2.45) is 11.8 Å². The summed E-state index contributed by atoms with van der Waals surface area (Å²) in [5.41, 5.74) is 9.58. The minimum Gasteiger partial charge on any atom is -0.508 e. The molecule has 11 nitrogen and oxygen atoms in total. The van der Waals surface area contributed by atoms with Gasteiger partial charge >= 0.3 is 11.7 Å². The molecule has 11 heteroatoms. The number of fused-ring (bicyclic) bond motifs is 1. The highest BCUT2D eigenvalue weighted by atomic mass is 16.5. The number of benzene rings is 2. The van der Waals surface area contributed by atoms with Gasteiger partial charge in [0.05, 0.1) is 13.2 Å². The summed E-state index contributed by atoms with van der Waals surface area (Å²) >= 11 is 0. The number of phenols is 1. The van der Waals surface area contributed by atoms with Crippen molar-refractivity contribution in [2.45, 2.75) is 58.5 Å². The van der Waals surface area contributed by atoms with Crippen molar-refractivity contribution in [1.82, 2.24) is 29.3 Å². The van der Waals surface area contributed by atoms with Gasteiger partial charge in [0, 0.05) is 25.2 Å². The molecule has 0 radical (unpaired) electrons.